The third-order valence-corrected chi connectivity index (χ3v) is 5.25. The van der Waals surface area contributed by atoms with Crippen molar-refractivity contribution in [3.8, 4) is 0 Å². The Bertz CT molecular complexity index is 677. The third-order valence-electron chi connectivity index (χ3n) is 5.25. The summed E-state index contributed by atoms with van der Waals surface area (Å²) in [7, 11) is 0. The molecule has 0 spiro atoms. The molecule has 0 radical (unpaired) electrons. The molecule has 2 N–H and O–H groups in total. The largest absolute Gasteiger partial charge is 0.456 e. The van der Waals surface area contributed by atoms with E-state index in [1.807, 2.05) is 0 Å². The highest BCUT2D eigenvalue weighted by Crippen LogP contribution is 2.49. The Morgan fingerprint density at radius 2 is 1.85 bits per heavy atom. The normalized spacial score (nSPS) is 23.5. The zero-order valence-corrected chi connectivity index (χ0v) is 14.5. The molecule has 26 heavy (non-hydrogen) atoms. The lowest BCUT2D eigenvalue weighted by molar-refractivity contribution is -0.149. The van der Waals surface area contributed by atoms with Crippen molar-refractivity contribution in [1.29, 1.82) is 0 Å². The van der Waals surface area contributed by atoms with Crippen LogP contribution in [0.3, 0.4) is 0 Å². The number of anilines is 1. The summed E-state index contributed by atoms with van der Waals surface area (Å²) in [5.41, 5.74) is 0.433. The second-order valence-corrected chi connectivity index (χ2v) is 7.13. The zero-order chi connectivity index (χ0) is 18.5. The maximum Gasteiger partial charge on any atom is 0.306 e. The highest BCUT2D eigenvalue weighted by molar-refractivity contribution is 5.94. The monoisotopic (exact) mass is 362 g/mol. The summed E-state index contributed by atoms with van der Waals surface area (Å²) in [6.45, 7) is -0.635. The Morgan fingerprint density at radius 3 is 2.50 bits per heavy atom. The van der Waals surface area contributed by atoms with Crippen LogP contribution in [-0.4, -0.2) is 30.9 Å². The van der Waals surface area contributed by atoms with E-state index >= 15 is 0 Å². The van der Waals surface area contributed by atoms with Gasteiger partial charge in [0.15, 0.2) is 6.61 Å². The molecule has 0 aromatic heterocycles. The number of halogens is 1. The SMILES string of the molecule is O=C(COC(=O)C[C@H]1C[C@@H]2CC[C@@H]1C2)NCC(=O)Nc1ccc(F)cc1. The second kappa shape index (κ2) is 8.29. The van der Waals surface area contributed by atoms with Gasteiger partial charge < -0.3 is 15.4 Å². The minimum Gasteiger partial charge on any atom is -0.456 e. The average molecular weight is 362 g/mol. The Labute approximate surface area is 151 Å². The summed E-state index contributed by atoms with van der Waals surface area (Å²) in [6.07, 6.45) is 5.17. The molecule has 2 aliphatic carbocycles. The van der Waals surface area contributed by atoms with Crippen molar-refractivity contribution in [3.63, 3.8) is 0 Å². The lowest BCUT2D eigenvalue weighted by Gasteiger charge is -2.20. The van der Waals surface area contributed by atoms with E-state index in [1.165, 1.54) is 43.5 Å². The summed E-state index contributed by atoms with van der Waals surface area (Å²) in [5, 5.41) is 4.91. The van der Waals surface area contributed by atoms with E-state index in [2.05, 4.69) is 10.6 Å². The first-order chi connectivity index (χ1) is 12.5. The Balaban J connectivity index is 1.30. The summed E-state index contributed by atoms with van der Waals surface area (Å²) < 4.78 is 17.8. The molecule has 0 aliphatic heterocycles. The fourth-order valence-electron chi connectivity index (χ4n) is 4.01. The molecule has 3 atom stereocenters. The topological polar surface area (TPSA) is 84.5 Å². The van der Waals surface area contributed by atoms with Crippen LogP contribution in [0.2, 0.25) is 0 Å². The van der Waals surface area contributed by atoms with Gasteiger partial charge in [-0.3, -0.25) is 14.4 Å². The molecule has 2 bridgehead atoms. The quantitative estimate of drug-likeness (QED) is 0.729. The molecule has 0 saturated heterocycles. The van der Waals surface area contributed by atoms with Crippen LogP contribution in [0.1, 0.15) is 32.1 Å². The van der Waals surface area contributed by atoms with Gasteiger partial charge in [-0.15, -0.1) is 0 Å². The number of benzene rings is 1. The predicted octanol–water partition coefficient (Wildman–Crippen LogP) is 2.25. The Hall–Kier alpha value is -2.44. The van der Waals surface area contributed by atoms with E-state index < -0.39 is 17.6 Å². The zero-order valence-electron chi connectivity index (χ0n) is 14.5. The molecular formula is C19H23FN2O4. The molecule has 140 valence electrons. The maximum absolute atomic E-state index is 12.8. The second-order valence-electron chi connectivity index (χ2n) is 7.13. The highest BCUT2D eigenvalue weighted by atomic mass is 19.1. The lowest BCUT2D eigenvalue weighted by Crippen LogP contribution is -2.35. The average Bonchev–Trinajstić information content (AvgIpc) is 3.23. The Morgan fingerprint density at radius 1 is 1.08 bits per heavy atom. The van der Waals surface area contributed by atoms with Gasteiger partial charge in [0, 0.05) is 12.1 Å². The minimum absolute atomic E-state index is 0.250. The maximum atomic E-state index is 12.8. The number of nitrogens with one attached hydrogen (secondary N) is 2. The Kier molecular flexibility index (Phi) is 5.85. The van der Waals surface area contributed by atoms with Crippen molar-refractivity contribution < 1.29 is 23.5 Å². The van der Waals surface area contributed by atoms with Crippen LogP contribution in [0.15, 0.2) is 24.3 Å². The summed E-state index contributed by atoms with van der Waals surface area (Å²) in [6, 6.07) is 5.30. The van der Waals surface area contributed by atoms with Crippen LogP contribution in [0, 0.1) is 23.6 Å². The molecule has 2 saturated carbocycles. The van der Waals surface area contributed by atoms with Gasteiger partial charge in [-0.25, -0.2) is 4.39 Å². The van der Waals surface area contributed by atoms with Gasteiger partial charge in [0.1, 0.15) is 5.82 Å². The van der Waals surface area contributed by atoms with Gasteiger partial charge >= 0.3 is 5.97 Å². The number of carbonyl (C=O) groups is 3. The van der Waals surface area contributed by atoms with E-state index in [1.54, 1.807) is 0 Å². The van der Waals surface area contributed by atoms with Crippen LogP contribution in [-0.2, 0) is 19.1 Å². The molecule has 6 nitrogen and oxygen atoms in total. The first-order valence-corrected chi connectivity index (χ1v) is 8.97. The van der Waals surface area contributed by atoms with Crippen molar-refractivity contribution in [1.82, 2.24) is 5.32 Å². The minimum atomic E-state index is -0.527. The van der Waals surface area contributed by atoms with Gasteiger partial charge in [-0.1, -0.05) is 6.42 Å². The van der Waals surface area contributed by atoms with Crippen LogP contribution in [0.25, 0.3) is 0 Å². The molecule has 1 aromatic rings. The van der Waals surface area contributed by atoms with E-state index in [9.17, 15) is 18.8 Å². The molecule has 2 fully saturated rings. The molecule has 3 rings (SSSR count). The summed E-state index contributed by atoms with van der Waals surface area (Å²) in [5.74, 6) is 0.0684. The number of amides is 2. The molecule has 0 unspecified atom stereocenters. The van der Waals surface area contributed by atoms with E-state index in [0.29, 0.717) is 23.9 Å². The van der Waals surface area contributed by atoms with Gasteiger partial charge in [-0.05, 0) is 61.3 Å². The fourth-order valence-corrected chi connectivity index (χ4v) is 4.01. The van der Waals surface area contributed by atoms with Crippen LogP contribution in [0.5, 0.6) is 0 Å². The van der Waals surface area contributed by atoms with E-state index in [0.717, 1.165) is 12.3 Å². The number of ether oxygens (including phenoxy) is 1. The standard InChI is InChI=1S/C19H23FN2O4/c20-15-3-5-16(6-4-15)22-17(23)10-21-18(24)11-26-19(25)9-14-8-12-1-2-13(14)7-12/h3-6,12-14H,1-2,7-11H2,(H,21,24)(H,22,23)/t12-,13-,14-/m1/s1. The molecule has 7 heteroatoms. The van der Waals surface area contributed by atoms with Gasteiger partial charge in [-0.2, -0.15) is 0 Å². The van der Waals surface area contributed by atoms with Gasteiger partial charge in [0.05, 0.1) is 6.54 Å². The molecule has 2 aliphatic rings. The number of hydrogen-bond acceptors (Lipinski definition) is 4. The smallest absolute Gasteiger partial charge is 0.306 e. The predicted molar refractivity (Wildman–Crippen MR) is 92.6 cm³/mol. The van der Waals surface area contributed by atoms with Crippen molar-refractivity contribution in [2.45, 2.75) is 32.1 Å². The molecule has 1 aromatic carbocycles. The first-order valence-electron chi connectivity index (χ1n) is 8.97. The number of fused-ring (bicyclic) bond motifs is 2. The van der Waals surface area contributed by atoms with Gasteiger partial charge in [0.2, 0.25) is 5.91 Å². The number of hydrogen-bond donors (Lipinski definition) is 2. The molecule has 2 amide bonds. The molecular weight excluding hydrogens is 339 g/mol. The third kappa shape index (κ3) is 5.03. The van der Waals surface area contributed by atoms with Gasteiger partial charge in [0.25, 0.3) is 5.91 Å². The van der Waals surface area contributed by atoms with Crippen molar-refractivity contribution >= 4 is 23.5 Å². The highest BCUT2D eigenvalue weighted by Gasteiger charge is 2.40. The molecule has 0 heterocycles. The van der Waals surface area contributed by atoms with Crippen molar-refractivity contribution in [2.24, 2.45) is 17.8 Å². The number of carbonyl (C=O) groups excluding carboxylic acids is 3. The number of esters is 1. The number of rotatable bonds is 7. The first kappa shape index (κ1) is 18.4. The van der Waals surface area contributed by atoms with Crippen LogP contribution in [0.4, 0.5) is 10.1 Å². The fraction of sp³-hybridized carbons (Fsp3) is 0.526. The van der Waals surface area contributed by atoms with Crippen LogP contribution >= 0.6 is 0 Å². The van der Waals surface area contributed by atoms with E-state index in [4.69, 9.17) is 4.74 Å². The van der Waals surface area contributed by atoms with Crippen molar-refractivity contribution in [2.75, 3.05) is 18.5 Å². The van der Waals surface area contributed by atoms with Crippen LogP contribution < -0.4 is 10.6 Å². The van der Waals surface area contributed by atoms with Crippen molar-refractivity contribution in [3.05, 3.63) is 30.1 Å². The summed E-state index contributed by atoms with van der Waals surface area (Å²) in [4.78, 5) is 35.3. The van der Waals surface area contributed by atoms with E-state index in [-0.39, 0.29) is 19.1 Å². The lowest BCUT2D eigenvalue weighted by atomic mass is 9.86. The summed E-state index contributed by atoms with van der Waals surface area (Å²) >= 11 is 0.